The lowest BCUT2D eigenvalue weighted by Gasteiger charge is -2.56. The number of nitrogens with zero attached hydrogens (tertiary/aromatic N) is 1. The van der Waals surface area contributed by atoms with E-state index in [0.717, 1.165) is 28.8 Å². The van der Waals surface area contributed by atoms with Crippen LogP contribution in [0.5, 0.6) is 0 Å². The Labute approximate surface area is 129 Å². The van der Waals surface area contributed by atoms with E-state index in [1.54, 1.807) is 6.20 Å². The summed E-state index contributed by atoms with van der Waals surface area (Å²) in [4.78, 5) is 20.2. The predicted octanol–water partition coefficient (Wildman–Crippen LogP) is 3.26. The van der Waals surface area contributed by atoms with Crippen molar-refractivity contribution in [2.45, 2.75) is 44.1 Å². The van der Waals surface area contributed by atoms with Crippen molar-refractivity contribution in [3.05, 3.63) is 30.1 Å². The van der Waals surface area contributed by atoms with Crippen molar-refractivity contribution < 1.29 is 4.79 Å². The number of carbonyl (C=O) groups is 1. The molecule has 22 heavy (non-hydrogen) atoms. The highest BCUT2D eigenvalue weighted by Gasteiger charge is 2.51. The Kier molecular flexibility index (Phi) is 2.50. The Morgan fingerprint density at radius 2 is 1.86 bits per heavy atom. The summed E-state index contributed by atoms with van der Waals surface area (Å²) in [7, 11) is 0. The van der Waals surface area contributed by atoms with Crippen LogP contribution in [-0.4, -0.2) is 21.4 Å². The first-order chi connectivity index (χ1) is 10.7. The fraction of sp³-hybridized carbons (Fsp3) is 0.556. The largest absolute Gasteiger partial charge is 0.349 e. The molecule has 0 unspecified atom stereocenters. The molecule has 4 heteroatoms. The second-order valence-corrected chi connectivity index (χ2v) is 7.77. The predicted molar refractivity (Wildman–Crippen MR) is 84.5 cm³/mol. The van der Waals surface area contributed by atoms with Crippen molar-refractivity contribution in [2.24, 2.45) is 17.8 Å². The fourth-order valence-electron chi connectivity index (χ4n) is 5.65. The third-order valence-corrected chi connectivity index (χ3v) is 6.05. The van der Waals surface area contributed by atoms with Gasteiger partial charge in [-0.25, -0.2) is 0 Å². The summed E-state index contributed by atoms with van der Waals surface area (Å²) in [6.45, 7) is 0. The molecule has 0 aliphatic heterocycles. The SMILES string of the molecule is O=C(NC12CC3CC(CC(C3)C1)C2)c1cc2ncccc2[nH]1. The molecule has 4 fully saturated rings. The molecular weight excluding hydrogens is 274 g/mol. The van der Waals surface area contributed by atoms with Crippen molar-refractivity contribution in [3.8, 4) is 0 Å². The Bertz CT molecular complexity index is 679. The van der Waals surface area contributed by atoms with E-state index in [-0.39, 0.29) is 11.4 Å². The second kappa shape index (κ2) is 4.34. The zero-order valence-corrected chi connectivity index (χ0v) is 12.6. The average Bonchev–Trinajstić information content (AvgIpc) is 2.89. The minimum absolute atomic E-state index is 0.0416. The molecule has 4 bridgehead atoms. The molecule has 2 aromatic rings. The van der Waals surface area contributed by atoms with Crippen LogP contribution >= 0.6 is 0 Å². The molecule has 0 saturated heterocycles. The maximum absolute atomic E-state index is 12.7. The van der Waals surface area contributed by atoms with E-state index in [4.69, 9.17) is 0 Å². The van der Waals surface area contributed by atoms with Crippen LogP contribution in [0.25, 0.3) is 11.0 Å². The van der Waals surface area contributed by atoms with Gasteiger partial charge in [0.25, 0.3) is 5.91 Å². The molecular formula is C18H21N3O. The molecule has 1 amide bonds. The fourth-order valence-corrected chi connectivity index (χ4v) is 5.65. The number of pyridine rings is 1. The molecule has 2 aromatic heterocycles. The maximum atomic E-state index is 12.7. The average molecular weight is 295 g/mol. The minimum atomic E-state index is 0.0416. The van der Waals surface area contributed by atoms with E-state index in [0.29, 0.717) is 5.69 Å². The number of rotatable bonds is 2. The first-order valence-corrected chi connectivity index (χ1v) is 8.45. The lowest BCUT2D eigenvalue weighted by atomic mass is 9.53. The van der Waals surface area contributed by atoms with E-state index in [1.165, 1.54) is 38.5 Å². The van der Waals surface area contributed by atoms with Crippen molar-refractivity contribution in [2.75, 3.05) is 0 Å². The Balaban J connectivity index is 1.42. The van der Waals surface area contributed by atoms with E-state index >= 15 is 0 Å². The summed E-state index contributed by atoms with van der Waals surface area (Å²) in [6, 6.07) is 5.72. The minimum Gasteiger partial charge on any atom is -0.349 e. The molecule has 4 aliphatic rings. The van der Waals surface area contributed by atoms with Crippen LogP contribution in [0.3, 0.4) is 0 Å². The molecule has 4 nitrogen and oxygen atoms in total. The lowest BCUT2D eigenvalue weighted by molar-refractivity contribution is -0.0167. The van der Waals surface area contributed by atoms with Crippen molar-refractivity contribution >= 4 is 16.9 Å². The number of aromatic nitrogens is 2. The van der Waals surface area contributed by atoms with Gasteiger partial charge in [0.1, 0.15) is 5.69 Å². The third-order valence-electron chi connectivity index (χ3n) is 6.05. The van der Waals surface area contributed by atoms with Gasteiger partial charge >= 0.3 is 0 Å². The monoisotopic (exact) mass is 295 g/mol. The zero-order chi connectivity index (χ0) is 14.7. The molecule has 0 atom stereocenters. The van der Waals surface area contributed by atoms with E-state index in [9.17, 15) is 4.79 Å². The summed E-state index contributed by atoms with van der Waals surface area (Å²) >= 11 is 0. The first kappa shape index (κ1) is 12.7. The van der Waals surface area contributed by atoms with Crippen molar-refractivity contribution in [1.82, 2.24) is 15.3 Å². The van der Waals surface area contributed by atoms with Crippen LogP contribution in [0.15, 0.2) is 24.4 Å². The lowest BCUT2D eigenvalue weighted by Crippen LogP contribution is -2.59. The van der Waals surface area contributed by atoms with Gasteiger partial charge in [0, 0.05) is 11.7 Å². The quantitative estimate of drug-likeness (QED) is 0.893. The highest BCUT2D eigenvalue weighted by Crippen LogP contribution is 2.55. The molecule has 0 aromatic carbocycles. The number of amides is 1. The number of hydrogen-bond acceptors (Lipinski definition) is 2. The van der Waals surface area contributed by atoms with Gasteiger partial charge in [0.2, 0.25) is 0 Å². The van der Waals surface area contributed by atoms with Gasteiger partial charge in [-0.3, -0.25) is 9.78 Å². The number of hydrogen-bond donors (Lipinski definition) is 2. The molecule has 0 radical (unpaired) electrons. The van der Waals surface area contributed by atoms with Crippen LogP contribution in [-0.2, 0) is 0 Å². The third kappa shape index (κ3) is 1.89. The highest BCUT2D eigenvalue weighted by atomic mass is 16.2. The Morgan fingerprint density at radius 3 is 2.50 bits per heavy atom. The van der Waals surface area contributed by atoms with Crippen LogP contribution in [0, 0.1) is 17.8 Å². The molecule has 2 heterocycles. The van der Waals surface area contributed by atoms with Gasteiger partial charge in [-0.15, -0.1) is 0 Å². The zero-order valence-electron chi connectivity index (χ0n) is 12.6. The number of fused-ring (bicyclic) bond motifs is 1. The molecule has 114 valence electrons. The summed E-state index contributed by atoms with van der Waals surface area (Å²) < 4.78 is 0. The van der Waals surface area contributed by atoms with Crippen molar-refractivity contribution in [1.29, 1.82) is 0 Å². The van der Waals surface area contributed by atoms with Crippen LogP contribution in [0.2, 0.25) is 0 Å². The normalized spacial score (nSPS) is 35.9. The number of nitrogens with one attached hydrogen (secondary N) is 2. The molecule has 2 N–H and O–H groups in total. The van der Waals surface area contributed by atoms with Gasteiger partial charge in [-0.1, -0.05) is 0 Å². The number of H-pyrrole nitrogens is 1. The first-order valence-electron chi connectivity index (χ1n) is 8.45. The molecule has 6 rings (SSSR count). The standard InChI is InChI=1S/C18H21N3O/c22-17(16-7-15-14(20-16)2-1-3-19-15)21-18-8-11-4-12(9-18)6-13(5-11)10-18/h1-3,7,11-13,20H,4-6,8-10H2,(H,21,22). The van der Waals surface area contributed by atoms with Gasteiger partial charge < -0.3 is 10.3 Å². The summed E-state index contributed by atoms with van der Waals surface area (Å²) in [5.74, 6) is 2.57. The van der Waals surface area contributed by atoms with E-state index < -0.39 is 0 Å². The number of aromatic amines is 1. The van der Waals surface area contributed by atoms with E-state index in [2.05, 4.69) is 15.3 Å². The summed E-state index contributed by atoms with van der Waals surface area (Å²) in [5.41, 5.74) is 2.50. The van der Waals surface area contributed by atoms with Gasteiger partial charge in [-0.05, 0) is 74.5 Å². The number of carbonyl (C=O) groups excluding carboxylic acids is 1. The van der Waals surface area contributed by atoms with Crippen LogP contribution in [0.4, 0.5) is 0 Å². The van der Waals surface area contributed by atoms with Crippen LogP contribution in [0.1, 0.15) is 49.0 Å². The summed E-state index contributed by atoms with van der Waals surface area (Å²) in [5, 5.41) is 3.40. The molecule has 4 aliphatic carbocycles. The Hall–Kier alpha value is -1.84. The Morgan fingerprint density at radius 1 is 1.18 bits per heavy atom. The second-order valence-electron chi connectivity index (χ2n) is 7.77. The van der Waals surface area contributed by atoms with Gasteiger partial charge in [0.05, 0.1) is 11.0 Å². The topological polar surface area (TPSA) is 57.8 Å². The van der Waals surface area contributed by atoms with Crippen LogP contribution < -0.4 is 5.32 Å². The van der Waals surface area contributed by atoms with Crippen molar-refractivity contribution in [3.63, 3.8) is 0 Å². The maximum Gasteiger partial charge on any atom is 0.268 e. The highest BCUT2D eigenvalue weighted by molar-refractivity contribution is 5.97. The smallest absolute Gasteiger partial charge is 0.268 e. The van der Waals surface area contributed by atoms with Gasteiger partial charge in [0.15, 0.2) is 0 Å². The van der Waals surface area contributed by atoms with Gasteiger partial charge in [-0.2, -0.15) is 0 Å². The molecule has 0 spiro atoms. The molecule has 4 saturated carbocycles. The van der Waals surface area contributed by atoms with E-state index in [1.807, 2.05) is 18.2 Å². The summed E-state index contributed by atoms with van der Waals surface area (Å²) in [6.07, 6.45) is 9.49.